The first-order valence-electron chi connectivity index (χ1n) is 7.29. The molecule has 130 valence electrons. The third-order valence-corrected chi connectivity index (χ3v) is 3.33. The van der Waals surface area contributed by atoms with Crippen LogP contribution in [0, 0.1) is 0 Å². The summed E-state index contributed by atoms with van der Waals surface area (Å²) in [7, 11) is 1.54. The fraction of sp³-hybridized carbons (Fsp3) is 0.176. The summed E-state index contributed by atoms with van der Waals surface area (Å²) in [4.78, 5) is 46.0. The predicted octanol–water partition coefficient (Wildman–Crippen LogP) is 0.707. The predicted molar refractivity (Wildman–Crippen MR) is 86.1 cm³/mol. The maximum Gasteiger partial charge on any atom is 0.338 e. The summed E-state index contributed by atoms with van der Waals surface area (Å²) in [6.07, 6.45) is 1.26. The van der Waals surface area contributed by atoms with Crippen molar-refractivity contribution in [2.24, 2.45) is 5.73 Å². The number of likely N-dealkylation sites (N-methyl/N-ethyl adjacent to an activating group) is 1. The topological polar surface area (TPSA) is 129 Å². The van der Waals surface area contributed by atoms with E-state index in [0.29, 0.717) is 0 Å². The van der Waals surface area contributed by atoms with Crippen molar-refractivity contribution in [3.63, 3.8) is 0 Å². The minimum atomic E-state index is -0.725. The Kier molecular flexibility index (Phi) is 5.67. The van der Waals surface area contributed by atoms with Crippen LogP contribution in [0.3, 0.4) is 0 Å². The molecule has 8 heteroatoms. The second kappa shape index (κ2) is 7.91. The molecule has 2 rings (SSSR count). The second-order valence-corrected chi connectivity index (χ2v) is 5.11. The van der Waals surface area contributed by atoms with Gasteiger partial charge in [-0.3, -0.25) is 14.4 Å². The van der Waals surface area contributed by atoms with E-state index in [4.69, 9.17) is 14.9 Å². The fourth-order valence-corrected chi connectivity index (χ4v) is 1.93. The molecule has 1 heterocycles. The number of ketones is 1. The number of primary amides is 1. The van der Waals surface area contributed by atoms with Crippen molar-refractivity contribution in [2.75, 3.05) is 13.7 Å². The van der Waals surface area contributed by atoms with Crippen LogP contribution in [-0.4, -0.2) is 37.2 Å². The van der Waals surface area contributed by atoms with Gasteiger partial charge in [0.15, 0.2) is 12.4 Å². The summed E-state index contributed by atoms with van der Waals surface area (Å²) in [5.74, 6) is -2.28. The molecule has 2 amide bonds. The van der Waals surface area contributed by atoms with Crippen molar-refractivity contribution < 1.29 is 28.3 Å². The Morgan fingerprint density at radius 2 is 1.80 bits per heavy atom. The average molecular weight is 344 g/mol. The summed E-state index contributed by atoms with van der Waals surface area (Å²) in [6.45, 7) is -0.537. The van der Waals surface area contributed by atoms with Gasteiger partial charge in [0.2, 0.25) is 11.7 Å². The zero-order chi connectivity index (χ0) is 18.4. The monoisotopic (exact) mass is 344 g/mol. The molecule has 0 atom stereocenters. The smallest absolute Gasteiger partial charge is 0.338 e. The van der Waals surface area contributed by atoms with Crippen molar-refractivity contribution in [3.05, 3.63) is 59.0 Å². The van der Waals surface area contributed by atoms with Gasteiger partial charge in [-0.25, -0.2) is 4.79 Å². The lowest BCUT2D eigenvalue weighted by molar-refractivity contribution is -0.119. The number of rotatable bonds is 7. The van der Waals surface area contributed by atoms with Crippen LogP contribution in [0.25, 0.3) is 0 Å². The molecule has 0 aliphatic rings. The first kappa shape index (κ1) is 17.9. The van der Waals surface area contributed by atoms with Gasteiger partial charge in [0, 0.05) is 13.1 Å². The van der Waals surface area contributed by atoms with Crippen LogP contribution in [0.4, 0.5) is 0 Å². The lowest BCUT2D eigenvalue weighted by Crippen LogP contribution is -2.20. The van der Waals surface area contributed by atoms with Gasteiger partial charge in [0.1, 0.15) is 6.26 Å². The largest absolute Gasteiger partial charge is 0.460 e. The number of hydrogen-bond donors (Lipinski definition) is 2. The van der Waals surface area contributed by atoms with Crippen LogP contribution in [-0.2, 0) is 16.0 Å². The van der Waals surface area contributed by atoms with Crippen molar-refractivity contribution in [2.45, 2.75) is 6.42 Å². The molecule has 1 aromatic heterocycles. The van der Waals surface area contributed by atoms with Gasteiger partial charge in [0.05, 0.1) is 17.5 Å². The lowest BCUT2D eigenvalue weighted by atomic mass is 10.1. The molecule has 0 spiro atoms. The molecule has 25 heavy (non-hydrogen) atoms. The highest BCUT2D eigenvalue weighted by Gasteiger charge is 2.16. The molecule has 0 radical (unpaired) electrons. The van der Waals surface area contributed by atoms with Gasteiger partial charge in [-0.15, -0.1) is 0 Å². The number of furan rings is 1. The van der Waals surface area contributed by atoms with E-state index in [2.05, 4.69) is 5.32 Å². The highest BCUT2D eigenvalue weighted by Crippen LogP contribution is 2.10. The summed E-state index contributed by atoms with van der Waals surface area (Å²) in [6, 6.07) is 7.44. The van der Waals surface area contributed by atoms with E-state index in [1.54, 1.807) is 12.1 Å². The van der Waals surface area contributed by atoms with Crippen LogP contribution >= 0.6 is 0 Å². The number of hydrogen-bond acceptors (Lipinski definition) is 6. The number of amides is 2. The molecule has 8 nitrogen and oxygen atoms in total. The second-order valence-electron chi connectivity index (χ2n) is 5.11. The fourth-order valence-electron chi connectivity index (χ4n) is 1.93. The molecule has 0 bridgehead atoms. The van der Waals surface area contributed by atoms with E-state index in [9.17, 15) is 19.2 Å². The quantitative estimate of drug-likeness (QED) is 0.562. The highest BCUT2D eigenvalue weighted by molar-refractivity contribution is 6.00. The Bertz CT molecular complexity index is 807. The van der Waals surface area contributed by atoms with Crippen LogP contribution in [0.5, 0.6) is 0 Å². The Labute approximate surface area is 142 Å². The number of nitrogens with one attached hydrogen (secondary N) is 1. The Morgan fingerprint density at radius 3 is 2.36 bits per heavy atom. The van der Waals surface area contributed by atoms with Gasteiger partial charge in [-0.2, -0.15) is 0 Å². The normalized spacial score (nSPS) is 10.1. The summed E-state index contributed by atoms with van der Waals surface area (Å²) in [5.41, 5.74) is 6.09. The van der Waals surface area contributed by atoms with Gasteiger partial charge in [-0.05, 0) is 17.7 Å². The first-order valence-corrected chi connectivity index (χ1v) is 7.29. The molecule has 0 aliphatic heterocycles. The molecule has 1 aromatic carbocycles. The average Bonchev–Trinajstić information content (AvgIpc) is 3.10. The van der Waals surface area contributed by atoms with Crippen LogP contribution in [0.15, 0.2) is 41.0 Å². The molecule has 0 saturated carbocycles. The molecule has 0 saturated heterocycles. The van der Waals surface area contributed by atoms with Crippen LogP contribution < -0.4 is 11.1 Å². The molecule has 3 N–H and O–H groups in total. The maximum absolute atomic E-state index is 11.9. The minimum Gasteiger partial charge on any atom is -0.460 e. The van der Waals surface area contributed by atoms with Crippen molar-refractivity contribution in [3.8, 4) is 0 Å². The van der Waals surface area contributed by atoms with Gasteiger partial charge in [-0.1, -0.05) is 12.1 Å². The number of carbonyl (C=O) groups is 4. The molecular weight excluding hydrogens is 328 g/mol. The van der Waals surface area contributed by atoms with Gasteiger partial charge < -0.3 is 20.2 Å². The lowest BCUT2D eigenvalue weighted by Gasteiger charge is -2.05. The standard InChI is InChI=1S/C17H16N2O6/c1-19-15(21)6-10-2-4-11(5-3-10)17(23)25-9-13(20)14-7-12(8-24-14)16(18)22/h2-5,7-8H,6,9H2,1H3,(H2,18,22)(H,19,21). The van der Waals surface area contributed by atoms with Crippen molar-refractivity contribution in [1.82, 2.24) is 5.32 Å². The van der Waals surface area contributed by atoms with Crippen molar-refractivity contribution >= 4 is 23.6 Å². The molecular formula is C17H16N2O6. The summed E-state index contributed by atoms with van der Waals surface area (Å²) < 4.78 is 9.82. The molecule has 0 unspecified atom stereocenters. The van der Waals surface area contributed by atoms with Gasteiger partial charge in [0.25, 0.3) is 5.91 Å². The summed E-state index contributed by atoms with van der Waals surface area (Å²) >= 11 is 0. The van der Waals surface area contributed by atoms with E-state index in [-0.39, 0.29) is 29.2 Å². The Hall–Kier alpha value is -3.42. The van der Waals surface area contributed by atoms with E-state index >= 15 is 0 Å². The number of benzene rings is 1. The van der Waals surface area contributed by atoms with Gasteiger partial charge >= 0.3 is 5.97 Å². The number of Topliss-reactive ketones (excluding diaryl/α,β-unsaturated/α-hetero) is 1. The third-order valence-electron chi connectivity index (χ3n) is 3.33. The van der Waals surface area contributed by atoms with Crippen LogP contribution in [0.2, 0.25) is 0 Å². The zero-order valence-corrected chi connectivity index (χ0v) is 13.4. The minimum absolute atomic E-state index is 0.0568. The number of ether oxygens (including phenoxy) is 1. The SMILES string of the molecule is CNC(=O)Cc1ccc(C(=O)OCC(=O)c2cc(C(N)=O)co2)cc1. The molecule has 2 aromatic rings. The summed E-state index contributed by atoms with van der Waals surface area (Å²) in [5, 5.41) is 2.50. The molecule has 0 fully saturated rings. The number of esters is 1. The molecule has 0 aliphatic carbocycles. The number of nitrogens with two attached hydrogens (primary N) is 1. The Morgan fingerprint density at radius 1 is 1.12 bits per heavy atom. The third kappa shape index (κ3) is 4.77. The van der Waals surface area contributed by atoms with E-state index in [0.717, 1.165) is 11.8 Å². The van der Waals surface area contributed by atoms with Crippen LogP contribution in [0.1, 0.15) is 36.8 Å². The van der Waals surface area contributed by atoms with E-state index in [1.165, 1.54) is 25.2 Å². The van der Waals surface area contributed by atoms with Crippen molar-refractivity contribution in [1.29, 1.82) is 0 Å². The Balaban J connectivity index is 1.91. The zero-order valence-electron chi connectivity index (χ0n) is 13.4. The first-order chi connectivity index (χ1) is 11.9. The highest BCUT2D eigenvalue weighted by atomic mass is 16.5. The van der Waals surface area contributed by atoms with E-state index in [1.807, 2.05) is 0 Å². The number of carbonyl (C=O) groups excluding carboxylic acids is 4. The van der Waals surface area contributed by atoms with E-state index < -0.39 is 24.3 Å². The maximum atomic E-state index is 11.9.